The molecule has 2 aromatic rings. The maximum absolute atomic E-state index is 13.1. The fourth-order valence-electron chi connectivity index (χ4n) is 3.16. The lowest BCUT2D eigenvalue weighted by Gasteiger charge is -2.36. The second-order valence-corrected chi connectivity index (χ2v) is 7.66. The number of carbonyl (C=O) groups is 2. The Bertz CT molecular complexity index is 770. The van der Waals surface area contributed by atoms with Crippen LogP contribution in [0.3, 0.4) is 0 Å². The summed E-state index contributed by atoms with van der Waals surface area (Å²) in [5, 5.41) is 6.17. The summed E-state index contributed by atoms with van der Waals surface area (Å²) in [6, 6.07) is 12.4. The van der Waals surface area contributed by atoms with Gasteiger partial charge in [-0.05, 0) is 29.7 Å². The molecule has 26 heavy (non-hydrogen) atoms. The minimum atomic E-state index is -0.0658. The molecule has 6 heteroatoms. The first-order valence-electron chi connectivity index (χ1n) is 9.02. The van der Waals surface area contributed by atoms with Crippen LogP contribution in [0.2, 0.25) is 0 Å². The van der Waals surface area contributed by atoms with Crippen molar-refractivity contribution < 1.29 is 9.59 Å². The summed E-state index contributed by atoms with van der Waals surface area (Å²) in [6.07, 6.45) is 1.01. The highest BCUT2D eigenvalue weighted by Crippen LogP contribution is 2.27. The highest BCUT2D eigenvalue weighted by Gasteiger charge is 2.29. The Morgan fingerprint density at radius 1 is 1.23 bits per heavy atom. The Hall–Kier alpha value is -2.18. The topological polar surface area (TPSA) is 61.4 Å². The molecule has 1 atom stereocenters. The zero-order chi connectivity index (χ0) is 18.5. The molecule has 2 N–H and O–H groups in total. The number of amides is 2. The lowest BCUT2D eigenvalue weighted by atomic mass is 10.0. The molecule has 0 radical (unpaired) electrons. The molecule has 1 saturated heterocycles. The molecule has 138 valence electrons. The van der Waals surface area contributed by atoms with E-state index < -0.39 is 0 Å². The van der Waals surface area contributed by atoms with E-state index in [9.17, 15) is 9.59 Å². The van der Waals surface area contributed by atoms with Crippen molar-refractivity contribution in [1.29, 1.82) is 0 Å². The first kappa shape index (κ1) is 18.6. The number of hydrogen-bond acceptors (Lipinski definition) is 4. The summed E-state index contributed by atoms with van der Waals surface area (Å²) >= 11 is 1.45. The molecule has 1 unspecified atom stereocenters. The van der Waals surface area contributed by atoms with Crippen molar-refractivity contribution in [3.63, 3.8) is 0 Å². The number of piperazine rings is 1. The van der Waals surface area contributed by atoms with Gasteiger partial charge >= 0.3 is 0 Å². The summed E-state index contributed by atoms with van der Waals surface area (Å²) in [5.74, 6) is -0.000820. The van der Waals surface area contributed by atoms with Gasteiger partial charge in [0.15, 0.2) is 0 Å². The van der Waals surface area contributed by atoms with Gasteiger partial charge in [-0.15, -0.1) is 11.3 Å². The molecule has 1 aliphatic rings. The minimum absolute atomic E-state index is 0.0445. The molecule has 1 aromatic heterocycles. The van der Waals surface area contributed by atoms with Gasteiger partial charge in [0.05, 0.1) is 17.5 Å². The van der Waals surface area contributed by atoms with Crippen molar-refractivity contribution in [2.75, 3.05) is 19.6 Å². The third-order valence-electron chi connectivity index (χ3n) is 4.66. The van der Waals surface area contributed by atoms with Gasteiger partial charge in [-0.3, -0.25) is 9.59 Å². The number of benzene rings is 1. The van der Waals surface area contributed by atoms with E-state index >= 15 is 0 Å². The van der Waals surface area contributed by atoms with Crippen LogP contribution in [0.25, 0.3) is 0 Å². The molecule has 0 bridgehead atoms. The third-order valence-corrected chi connectivity index (χ3v) is 5.73. The van der Waals surface area contributed by atoms with Crippen LogP contribution in [0.5, 0.6) is 0 Å². The van der Waals surface area contributed by atoms with Gasteiger partial charge in [0, 0.05) is 31.4 Å². The smallest absolute Gasteiger partial charge is 0.264 e. The minimum Gasteiger partial charge on any atom is -0.351 e. The SMILES string of the molecule is CCc1ccc(C2CNCCN2C(=O)c2ccc(CNC(C)=O)s2)cc1. The van der Waals surface area contributed by atoms with Crippen LogP contribution >= 0.6 is 11.3 Å². The van der Waals surface area contributed by atoms with Gasteiger partial charge in [-0.2, -0.15) is 0 Å². The van der Waals surface area contributed by atoms with Gasteiger partial charge in [0.1, 0.15) is 0 Å². The zero-order valence-electron chi connectivity index (χ0n) is 15.2. The van der Waals surface area contributed by atoms with Gasteiger partial charge in [-0.1, -0.05) is 31.2 Å². The van der Waals surface area contributed by atoms with E-state index in [1.165, 1.54) is 23.8 Å². The van der Waals surface area contributed by atoms with E-state index in [2.05, 4.69) is 41.8 Å². The number of rotatable bonds is 5. The molecular formula is C20H25N3O2S. The van der Waals surface area contributed by atoms with E-state index in [4.69, 9.17) is 0 Å². The quantitative estimate of drug-likeness (QED) is 0.850. The third kappa shape index (κ3) is 4.31. The van der Waals surface area contributed by atoms with Crippen molar-refractivity contribution in [3.05, 3.63) is 57.3 Å². The van der Waals surface area contributed by atoms with Gasteiger partial charge in [-0.25, -0.2) is 0 Å². The average Bonchev–Trinajstić information content (AvgIpc) is 3.15. The largest absolute Gasteiger partial charge is 0.351 e. The molecule has 0 spiro atoms. The monoisotopic (exact) mass is 371 g/mol. The number of thiophene rings is 1. The number of nitrogens with zero attached hydrogens (tertiary/aromatic N) is 1. The first-order chi connectivity index (χ1) is 12.6. The van der Waals surface area contributed by atoms with Gasteiger partial charge in [0.2, 0.25) is 5.91 Å². The highest BCUT2D eigenvalue weighted by molar-refractivity contribution is 7.14. The van der Waals surface area contributed by atoms with Crippen LogP contribution in [-0.2, 0) is 17.8 Å². The second kappa shape index (κ2) is 8.47. The van der Waals surface area contributed by atoms with Crippen LogP contribution in [0, 0.1) is 0 Å². The molecule has 3 rings (SSSR count). The Kier molecular flexibility index (Phi) is 6.06. The van der Waals surface area contributed by atoms with Crippen LogP contribution < -0.4 is 10.6 Å². The van der Waals surface area contributed by atoms with Gasteiger partial charge in [0.25, 0.3) is 5.91 Å². The standard InChI is InChI=1S/C20H25N3O2S/c1-3-15-4-6-16(7-5-15)18-13-21-10-11-23(18)20(25)19-9-8-17(26-19)12-22-14(2)24/h4-9,18,21H,3,10-13H2,1-2H3,(H,22,24). The summed E-state index contributed by atoms with van der Waals surface area (Å²) in [6.45, 7) is 6.37. The van der Waals surface area contributed by atoms with Crippen molar-refractivity contribution in [2.45, 2.75) is 32.9 Å². The Labute approximate surface area is 158 Å². The lowest BCUT2D eigenvalue weighted by Crippen LogP contribution is -2.48. The van der Waals surface area contributed by atoms with E-state index in [0.717, 1.165) is 34.8 Å². The van der Waals surface area contributed by atoms with E-state index in [-0.39, 0.29) is 17.9 Å². The summed E-state index contributed by atoms with van der Waals surface area (Å²) in [4.78, 5) is 27.8. The molecule has 0 aliphatic carbocycles. The van der Waals surface area contributed by atoms with E-state index in [0.29, 0.717) is 13.1 Å². The molecule has 2 heterocycles. The van der Waals surface area contributed by atoms with Crippen LogP contribution in [-0.4, -0.2) is 36.3 Å². The van der Waals surface area contributed by atoms with E-state index in [1.54, 1.807) is 0 Å². The Morgan fingerprint density at radius 2 is 2.00 bits per heavy atom. The number of hydrogen-bond donors (Lipinski definition) is 2. The normalized spacial score (nSPS) is 17.2. The molecule has 1 aliphatic heterocycles. The maximum Gasteiger partial charge on any atom is 0.264 e. The maximum atomic E-state index is 13.1. The highest BCUT2D eigenvalue weighted by atomic mass is 32.1. The fraction of sp³-hybridized carbons (Fsp3) is 0.400. The van der Waals surface area contributed by atoms with Gasteiger partial charge < -0.3 is 15.5 Å². The summed E-state index contributed by atoms with van der Waals surface area (Å²) < 4.78 is 0. The van der Waals surface area contributed by atoms with Crippen molar-refractivity contribution >= 4 is 23.2 Å². The average molecular weight is 372 g/mol. The zero-order valence-corrected chi connectivity index (χ0v) is 16.1. The first-order valence-corrected chi connectivity index (χ1v) is 9.83. The van der Waals surface area contributed by atoms with Crippen LogP contribution in [0.4, 0.5) is 0 Å². The fourth-order valence-corrected chi connectivity index (χ4v) is 4.07. The summed E-state index contributed by atoms with van der Waals surface area (Å²) in [7, 11) is 0. The molecule has 1 aromatic carbocycles. The molecule has 0 saturated carbocycles. The molecule has 2 amide bonds. The van der Waals surface area contributed by atoms with Crippen molar-refractivity contribution in [2.24, 2.45) is 0 Å². The van der Waals surface area contributed by atoms with Crippen LogP contribution in [0.15, 0.2) is 36.4 Å². The van der Waals surface area contributed by atoms with Crippen LogP contribution in [0.1, 0.15) is 45.6 Å². The lowest BCUT2D eigenvalue weighted by molar-refractivity contribution is -0.119. The van der Waals surface area contributed by atoms with E-state index in [1.807, 2.05) is 17.0 Å². The van der Waals surface area contributed by atoms with Crippen molar-refractivity contribution in [1.82, 2.24) is 15.5 Å². The number of nitrogens with one attached hydrogen (secondary N) is 2. The number of carbonyl (C=O) groups excluding carboxylic acids is 2. The second-order valence-electron chi connectivity index (χ2n) is 6.49. The molecule has 1 fully saturated rings. The van der Waals surface area contributed by atoms with Crippen molar-refractivity contribution in [3.8, 4) is 0 Å². The summed E-state index contributed by atoms with van der Waals surface area (Å²) in [5.41, 5.74) is 2.47. The molecule has 5 nitrogen and oxygen atoms in total. The Morgan fingerprint density at radius 3 is 2.69 bits per heavy atom. The predicted molar refractivity (Wildman–Crippen MR) is 104 cm³/mol. The predicted octanol–water partition coefficient (Wildman–Crippen LogP) is 2.73. The number of aryl methyl sites for hydroxylation is 1. The Balaban J connectivity index is 1.76. The molecular weight excluding hydrogens is 346 g/mol.